The lowest BCUT2D eigenvalue weighted by Gasteiger charge is -2.34. The fraction of sp³-hybridized carbons (Fsp3) is 0.0417. The maximum atomic E-state index is 12.5. The van der Waals surface area contributed by atoms with Crippen LogP contribution in [0.4, 0.5) is 0 Å². The van der Waals surface area contributed by atoms with Gasteiger partial charge in [-0.3, -0.25) is 0 Å². The molecule has 0 amide bonds. The first-order valence-corrected chi connectivity index (χ1v) is 8.81. The summed E-state index contributed by atoms with van der Waals surface area (Å²) in [7, 11) is 0. The van der Waals surface area contributed by atoms with E-state index in [2.05, 4.69) is 5.32 Å². The molecule has 0 radical (unpaired) electrons. The van der Waals surface area contributed by atoms with Crippen LogP contribution in [-0.4, -0.2) is 11.1 Å². The van der Waals surface area contributed by atoms with Crippen molar-refractivity contribution in [3.8, 4) is 0 Å². The molecule has 3 nitrogen and oxygen atoms in total. The zero-order valence-electron chi connectivity index (χ0n) is 14.7. The number of rotatable bonds is 4. The first-order valence-electron chi connectivity index (χ1n) is 8.81. The summed E-state index contributed by atoms with van der Waals surface area (Å²) in [5, 5.41) is 13.5. The molecule has 4 rings (SSSR count). The standard InChI is InChI=1S/C24H19NO2/c26-23(27)24(21-14-8-3-9-15-21)17-20(18-10-4-1-5-11-18)16-22(25-24)19-12-6-2-7-13-19/h1-17,25H,(H,26,27). The first kappa shape index (κ1) is 16.9. The predicted octanol–water partition coefficient (Wildman–Crippen LogP) is 4.69. The van der Waals surface area contributed by atoms with Crippen LogP contribution in [0.1, 0.15) is 16.7 Å². The number of nitrogens with one attached hydrogen (secondary N) is 1. The van der Waals surface area contributed by atoms with E-state index in [0.717, 1.165) is 22.4 Å². The van der Waals surface area contributed by atoms with Gasteiger partial charge in [0.25, 0.3) is 0 Å². The predicted molar refractivity (Wildman–Crippen MR) is 108 cm³/mol. The zero-order valence-corrected chi connectivity index (χ0v) is 14.7. The smallest absolute Gasteiger partial charge is 0.338 e. The number of hydrogen-bond acceptors (Lipinski definition) is 2. The molecule has 0 saturated heterocycles. The largest absolute Gasteiger partial charge is 0.479 e. The van der Waals surface area contributed by atoms with Crippen LogP contribution in [0.15, 0.2) is 103 Å². The molecule has 1 aliphatic rings. The molecular formula is C24H19NO2. The van der Waals surface area contributed by atoms with E-state index >= 15 is 0 Å². The minimum absolute atomic E-state index is 0.687. The van der Waals surface area contributed by atoms with Gasteiger partial charge in [-0.25, -0.2) is 4.79 Å². The summed E-state index contributed by atoms with van der Waals surface area (Å²) in [6.45, 7) is 0. The van der Waals surface area contributed by atoms with Crippen LogP contribution in [0.3, 0.4) is 0 Å². The van der Waals surface area contributed by atoms with Gasteiger partial charge in [-0.1, -0.05) is 91.0 Å². The van der Waals surface area contributed by atoms with Crippen molar-refractivity contribution in [2.75, 3.05) is 0 Å². The molecular weight excluding hydrogens is 334 g/mol. The molecule has 3 heteroatoms. The highest BCUT2D eigenvalue weighted by Crippen LogP contribution is 2.36. The van der Waals surface area contributed by atoms with Crippen LogP contribution >= 0.6 is 0 Å². The maximum absolute atomic E-state index is 12.5. The summed E-state index contributed by atoms with van der Waals surface area (Å²) >= 11 is 0. The van der Waals surface area contributed by atoms with Gasteiger partial charge in [-0.05, 0) is 34.4 Å². The van der Waals surface area contributed by atoms with E-state index in [9.17, 15) is 9.90 Å². The van der Waals surface area contributed by atoms with E-state index in [1.165, 1.54) is 0 Å². The van der Waals surface area contributed by atoms with Crippen LogP contribution in [-0.2, 0) is 10.3 Å². The van der Waals surface area contributed by atoms with Gasteiger partial charge in [0.05, 0.1) is 0 Å². The Balaban J connectivity index is 1.94. The van der Waals surface area contributed by atoms with Crippen LogP contribution in [0.5, 0.6) is 0 Å². The number of carbonyl (C=O) groups is 1. The van der Waals surface area contributed by atoms with Crippen molar-refractivity contribution in [2.45, 2.75) is 5.54 Å². The van der Waals surface area contributed by atoms with Crippen LogP contribution in [0, 0.1) is 0 Å². The third-order valence-corrected chi connectivity index (χ3v) is 4.76. The van der Waals surface area contributed by atoms with Crippen molar-refractivity contribution in [1.29, 1.82) is 0 Å². The summed E-state index contributed by atoms with van der Waals surface area (Å²) in [5.74, 6) is -0.941. The Bertz CT molecular complexity index is 1010. The van der Waals surface area contributed by atoms with E-state index in [0.29, 0.717) is 5.56 Å². The minimum Gasteiger partial charge on any atom is -0.479 e. The normalized spacial score (nSPS) is 18.8. The van der Waals surface area contributed by atoms with Crippen molar-refractivity contribution >= 4 is 17.2 Å². The highest BCUT2D eigenvalue weighted by atomic mass is 16.4. The molecule has 27 heavy (non-hydrogen) atoms. The van der Waals surface area contributed by atoms with Gasteiger partial charge in [-0.2, -0.15) is 0 Å². The SMILES string of the molecule is O=C(O)C1(c2ccccc2)C=C(c2ccccc2)C=C(c2ccccc2)N1. The molecule has 0 aliphatic carbocycles. The maximum Gasteiger partial charge on any atom is 0.338 e. The van der Waals surface area contributed by atoms with Gasteiger partial charge in [0.2, 0.25) is 0 Å². The third kappa shape index (κ3) is 3.15. The molecule has 1 unspecified atom stereocenters. The number of allylic oxidation sites excluding steroid dienone is 2. The quantitative estimate of drug-likeness (QED) is 0.715. The zero-order chi connectivity index (χ0) is 18.7. The lowest BCUT2D eigenvalue weighted by molar-refractivity contribution is -0.142. The number of benzene rings is 3. The summed E-state index contributed by atoms with van der Waals surface area (Å²) in [5.41, 5.74) is 2.93. The second kappa shape index (κ2) is 6.96. The number of carboxylic acids is 1. The minimum atomic E-state index is -1.34. The summed E-state index contributed by atoms with van der Waals surface area (Å²) in [6, 6.07) is 28.9. The van der Waals surface area contributed by atoms with Crippen LogP contribution < -0.4 is 5.32 Å². The monoisotopic (exact) mass is 353 g/mol. The second-order valence-corrected chi connectivity index (χ2v) is 6.49. The highest BCUT2D eigenvalue weighted by Gasteiger charge is 2.41. The van der Waals surface area contributed by atoms with E-state index in [-0.39, 0.29) is 0 Å². The van der Waals surface area contributed by atoms with Crippen molar-refractivity contribution in [3.63, 3.8) is 0 Å². The van der Waals surface area contributed by atoms with E-state index in [1.807, 2.05) is 97.1 Å². The Morgan fingerprint density at radius 3 is 1.81 bits per heavy atom. The fourth-order valence-corrected chi connectivity index (χ4v) is 3.38. The molecule has 0 spiro atoms. The number of dihydropyridines is 1. The average molecular weight is 353 g/mol. The molecule has 2 N–H and O–H groups in total. The molecule has 132 valence electrons. The van der Waals surface area contributed by atoms with Crippen molar-refractivity contribution in [2.24, 2.45) is 0 Å². The van der Waals surface area contributed by atoms with Gasteiger partial charge in [0.1, 0.15) is 0 Å². The molecule has 1 aliphatic heterocycles. The van der Waals surface area contributed by atoms with Crippen LogP contribution in [0.2, 0.25) is 0 Å². The van der Waals surface area contributed by atoms with E-state index < -0.39 is 11.5 Å². The van der Waals surface area contributed by atoms with Crippen LogP contribution in [0.25, 0.3) is 11.3 Å². The Morgan fingerprint density at radius 1 is 0.741 bits per heavy atom. The summed E-state index contributed by atoms with van der Waals surface area (Å²) < 4.78 is 0. The topological polar surface area (TPSA) is 49.3 Å². The highest BCUT2D eigenvalue weighted by molar-refractivity contribution is 5.95. The molecule has 1 heterocycles. The molecule has 0 aromatic heterocycles. The molecule has 1 atom stereocenters. The van der Waals surface area contributed by atoms with Crippen molar-refractivity contribution in [3.05, 3.63) is 120 Å². The van der Waals surface area contributed by atoms with Gasteiger partial charge in [0.15, 0.2) is 5.54 Å². The number of aliphatic carboxylic acids is 1. The molecule has 3 aromatic rings. The Kier molecular flexibility index (Phi) is 4.35. The van der Waals surface area contributed by atoms with Gasteiger partial charge in [0, 0.05) is 5.70 Å². The third-order valence-electron chi connectivity index (χ3n) is 4.76. The Labute approximate surface area is 158 Å². The lowest BCUT2D eigenvalue weighted by Crippen LogP contribution is -2.48. The van der Waals surface area contributed by atoms with E-state index in [1.54, 1.807) is 6.08 Å². The van der Waals surface area contributed by atoms with E-state index in [4.69, 9.17) is 0 Å². The molecule has 0 fully saturated rings. The second-order valence-electron chi connectivity index (χ2n) is 6.49. The Hall–Kier alpha value is -3.59. The fourth-order valence-electron chi connectivity index (χ4n) is 3.38. The summed E-state index contributed by atoms with van der Waals surface area (Å²) in [6.07, 6.45) is 3.81. The molecule has 3 aromatic carbocycles. The van der Waals surface area contributed by atoms with Crippen molar-refractivity contribution < 1.29 is 9.90 Å². The van der Waals surface area contributed by atoms with Crippen molar-refractivity contribution in [1.82, 2.24) is 5.32 Å². The lowest BCUT2D eigenvalue weighted by atomic mass is 9.82. The number of carboxylic acid groups (broad SMARTS) is 1. The molecule has 0 saturated carbocycles. The first-order chi connectivity index (χ1) is 13.2. The number of hydrogen-bond donors (Lipinski definition) is 2. The van der Waals surface area contributed by atoms with Gasteiger partial charge < -0.3 is 10.4 Å². The summed E-state index contributed by atoms with van der Waals surface area (Å²) in [4.78, 5) is 12.5. The van der Waals surface area contributed by atoms with Gasteiger partial charge >= 0.3 is 5.97 Å². The Morgan fingerprint density at radius 2 is 1.26 bits per heavy atom. The molecule has 0 bridgehead atoms. The van der Waals surface area contributed by atoms with Gasteiger partial charge in [-0.15, -0.1) is 0 Å². The average Bonchev–Trinajstić information content (AvgIpc) is 2.75.